The maximum atomic E-state index is 11.8. The van der Waals surface area contributed by atoms with E-state index in [1.165, 1.54) is 4.90 Å². The normalized spacial score (nSPS) is 12.2. The van der Waals surface area contributed by atoms with Crippen molar-refractivity contribution in [3.63, 3.8) is 0 Å². The number of hydrogen-bond donors (Lipinski definition) is 1. The molecule has 1 aromatic heterocycles. The predicted octanol–water partition coefficient (Wildman–Crippen LogP) is 2.36. The molecule has 1 aromatic carbocycles. The maximum absolute atomic E-state index is 11.8. The van der Waals surface area contributed by atoms with Gasteiger partial charge in [0, 0.05) is 30.8 Å². The van der Waals surface area contributed by atoms with Gasteiger partial charge in [0.25, 0.3) is 5.91 Å². The average Bonchev–Trinajstić information content (AvgIpc) is 2.86. The Bertz CT molecular complexity index is 634. The quantitative estimate of drug-likeness (QED) is 0.935. The van der Waals surface area contributed by atoms with E-state index >= 15 is 0 Å². The monoisotopic (exact) mass is 336 g/mol. The molecule has 0 aliphatic rings. The lowest BCUT2D eigenvalue weighted by Crippen LogP contribution is -2.22. The third kappa shape index (κ3) is 2.91. The average molecular weight is 337 g/mol. The van der Waals surface area contributed by atoms with Crippen LogP contribution in [-0.2, 0) is 0 Å². The Kier molecular flexibility index (Phi) is 4.25. The lowest BCUT2D eigenvalue weighted by Gasteiger charge is -2.10. The van der Waals surface area contributed by atoms with Crippen molar-refractivity contribution in [1.82, 2.24) is 14.7 Å². The van der Waals surface area contributed by atoms with Crippen molar-refractivity contribution in [2.24, 2.45) is 5.73 Å². The molecular formula is C14H17BrN4O. The lowest BCUT2D eigenvalue weighted by molar-refractivity contribution is 0.0821. The molecule has 0 spiro atoms. The minimum absolute atomic E-state index is 0.0242. The van der Waals surface area contributed by atoms with Gasteiger partial charge in [-0.1, -0.05) is 6.07 Å². The van der Waals surface area contributed by atoms with E-state index in [1.807, 2.05) is 25.1 Å². The number of nitrogens with two attached hydrogens (primary N) is 1. The molecular weight excluding hydrogens is 320 g/mol. The molecule has 1 amide bonds. The largest absolute Gasteiger partial charge is 0.343 e. The summed E-state index contributed by atoms with van der Waals surface area (Å²) in [5, 5.41) is 4.30. The third-order valence-electron chi connectivity index (χ3n) is 2.96. The minimum Gasteiger partial charge on any atom is -0.343 e. The van der Waals surface area contributed by atoms with E-state index in [2.05, 4.69) is 21.0 Å². The lowest BCUT2D eigenvalue weighted by atomic mass is 10.1. The Hall–Kier alpha value is -1.66. The molecule has 0 saturated heterocycles. The number of hydrogen-bond acceptors (Lipinski definition) is 3. The Labute approximate surface area is 126 Å². The molecule has 0 aliphatic heterocycles. The van der Waals surface area contributed by atoms with E-state index in [-0.39, 0.29) is 11.9 Å². The molecule has 0 unspecified atom stereocenters. The van der Waals surface area contributed by atoms with Gasteiger partial charge in [0.05, 0.1) is 5.69 Å². The number of rotatable bonds is 3. The fraction of sp³-hybridized carbons (Fsp3) is 0.286. The first kappa shape index (κ1) is 14.7. The van der Waals surface area contributed by atoms with Gasteiger partial charge in [-0.3, -0.25) is 4.79 Å². The third-order valence-corrected chi connectivity index (χ3v) is 3.59. The first-order valence-electron chi connectivity index (χ1n) is 6.23. The topological polar surface area (TPSA) is 64.2 Å². The first-order valence-corrected chi connectivity index (χ1v) is 7.02. The van der Waals surface area contributed by atoms with E-state index < -0.39 is 0 Å². The molecule has 0 radical (unpaired) electrons. The van der Waals surface area contributed by atoms with Gasteiger partial charge in [0.2, 0.25) is 0 Å². The molecule has 6 heteroatoms. The van der Waals surface area contributed by atoms with Crippen molar-refractivity contribution in [3.05, 3.63) is 46.2 Å². The molecule has 1 atom stereocenters. The number of halogens is 1. The van der Waals surface area contributed by atoms with Crippen LogP contribution in [0.25, 0.3) is 5.69 Å². The molecule has 2 aromatic rings. The van der Waals surface area contributed by atoms with Crippen molar-refractivity contribution >= 4 is 21.8 Å². The number of benzene rings is 1. The summed E-state index contributed by atoms with van der Waals surface area (Å²) in [7, 11) is 3.41. The standard InChI is InChI=1S/C14H17BrN4O/c1-9(16)10-4-5-13(11(15)8-10)19-7-6-12(17-19)14(20)18(2)3/h4-9H,16H2,1-3H3/t9-/m0/s1. The van der Waals surface area contributed by atoms with Gasteiger partial charge in [-0.25, -0.2) is 4.68 Å². The molecule has 2 N–H and O–H groups in total. The second-order valence-corrected chi connectivity index (χ2v) is 5.70. The molecule has 1 heterocycles. The van der Waals surface area contributed by atoms with Gasteiger partial charge in [0.1, 0.15) is 0 Å². The summed E-state index contributed by atoms with van der Waals surface area (Å²) in [4.78, 5) is 13.3. The van der Waals surface area contributed by atoms with Crippen molar-refractivity contribution in [2.75, 3.05) is 14.1 Å². The van der Waals surface area contributed by atoms with Crippen LogP contribution >= 0.6 is 15.9 Å². The highest BCUT2D eigenvalue weighted by molar-refractivity contribution is 9.10. The number of nitrogens with zero attached hydrogens (tertiary/aromatic N) is 3. The van der Waals surface area contributed by atoms with Crippen LogP contribution in [0.3, 0.4) is 0 Å². The summed E-state index contributed by atoms with van der Waals surface area (Å²) in [5.74, 6) is -0.118. The van der Waals surface area contributed by atoms with E-state index in [4.69, 9.17) is 5.73 Å². The van der Waals surface area contributed by atoms with E-state index in [1.54, 1.807) is 31.0 Å². The zero-order valence-corrected chi connectivity index (χ0v) is 13.3. The van der Waals surface area contributed by atoms with Crippen molar-refractivity contribution in [3.8, 4) is 5.69 Å². The number of carbonyl (C=O) groups is 1. The van der Waals surface area contributed by atoms with Gasteiger partial charge in [-0.2, -0.15) is 5.10 Å². The molecule has 2 rings (SSSR count). The van der Waals surface area contributed by atoms with Crippen LogP contribution in [0, 0.1) is 0 Å². The highest BCUT2D eigenvalue weighted by atomic mass is 79.9. The SMILES string of the molecule is C[C@H](N)c1ccc(-n2ccc(C(=O)N(C)C)n2)c(Br)c1. The van der Waals surface area contributed by atoms with Gasteiger partial charge < -0.3 is 10.6 Å². The molecule has 0 bridgehead atoms. The van der Waals surface area contributed by atoms with E-state index in [0.717, 1.165) is 15.7 Å². The first-order chi connectivity index (χ1) is 9.40. The van der Waals surface area contributed by atoms with Crippen LogP contribution in [0.2, 0.25) is 0 Å². The van der Waals surface area contributed by atoms with Crippen LogP contribution in [0.1, 0.15) is 29.0 Å². The molecule has 106 valence electrons. The summed E-state index contributed by atoms with van der Waals surface area (Å²) in [6.45, 7) is 1.93. The van der Waals surface area contributed by atoms with Crippen LogP contribution in [0.15, 0.2) is 34.9 Å². The van der Waals surface area contributed by atoms with Gasteiger partial charge >= 0.3 is 0 Å². The summed E-state index contributed by atoms with van der Waals surface area (Å²) >= 11 is 3.52. The van der Waals surface area contributed by atoms with Crippen LogP contribution in [0.5, 0.6) is 0 Å². The Balaban J connectivity index is 2.35. The molecule has 0 fully saturated rings. The highest BCUT2D eigenvalue weighted by Gasteiger charge is 2.13. The smallest absolute Gasteiger partial charge is 0.273 e. The Morgan fingerprint density at radius 1 is 1.40 bits per heavy atom. The van der Waals surface area contributed by atoms with Crippen molar-refractivity contribution < 1.29 is 4.79 Å². The Morgan fingerprint density at radius 3 is 2.65 bits per heavy atom. The predicted molar refractivity (Wildman–Crippen MR) is 81.9 cm³/mol. The number of aromatic nitrogens is 2. The molecule has 5 nitrogen and oxygen atoms in total. The van der Waals surface area contributed by atoms with Gasteiger partial charge in [0.15, 0.2) is 5.69 Å². The van der Waals surface area contributed by atoms with Crippen molar-refractivity contribution in [2.45, 2.75) is 13.0 Å². The van der Waals surface area contributed by atoms with Crippen LogP contribution in [0.4, 0.5) is 0 Å². The van der Waals surface area contributed by atoms with Crippen LogP contribution < -0.4 is 5.73 Å². The second-order valence-electron chi connectivity index (χ2n) is 4.84. The van der Waals surface area contributed by atoms with Gasteiger partial charge in [-0.05, 0) is 46.6 Å². The highest BCUT2D eigenvalue weighted by Crippen LogP contribution is 2.24. The van der Waals surface area contributed by atoms with E-state index in [0.29, 0.717) is 5.69 Å². The fourth-order valence-electron chi connectivity index (χ4n) is 1.79. The maximum Gasteiger partial charge on any atom is 0.273 e. The second kappa shape index (κ2) is 5.76. The molecule has 20 heavy (non-hydrogen) atoms. The minimum atomic E-state index is -0.118. The van der Waals surface area contributed by atoms with Crippen molar-refractivity contribution in [1.29, 1.82) is 0 Å². The van der Waals surface area contributed by atoms with Gasteiger partial charge in [-0.15, -0.1) is 0 Å². The summed E-state index contributed by atoms with van der Waals surface area (Å²) in [6, 6.07) is 7.53. The van der Waals surface area contributed by atoms with E-state index in [9.17, 15) is 4.79 Å². The zero-order chi connectivity index (χ0) is 14.9. The molecule has 0 saturated carbocycles. The Morgan fingerprint density at radius 2 is 2.10 bits per heavy atom. The zero-order valence-electron chi connectivity index (χ0n) is 11.7. The summed E-state index contributed by atoms with van der Waals surface area (Å²) in [5.41, 5.74) is 8.18. The summed E-state index contributed by atoms with van der Waals surface area (Å²) in [6.07, 6.45) is 1.77. The number of amides is 1. The number of carbonyl (C=O) groups excluding carboxylic acids is 1. The molecule has 0 aliphatic carbocycles. The van der Waals surface area contributed by atoms with Crippen LogP contribution in [-0.4, -0.2) is 34.7 Å². The fourth-order valence-corrected chi connectivity index (χ4v) is 2.37. The summed E-state index contributed by atoms with van der Waals surface area (Å²) < 4.78 is 2.56.